The third-order valence-electron chi connectivity index (χ3n) is 2.87. The molecular weight excluding hydrogens is 220 g/mol. The van der Waals surface area contributed by atoms with Gasteiger partial charge in [0.15, 0.2) is 0 Å². The molecule has 1 atom stereocenters. The Hall–Kier alpha value is -2.04. The third-order valence-corrected chi connectivity index (χ3v) is 2.87. The number of aryl methyl sites for hydroxylation is 1. The minimum atomic E-state index is -1.06. The molecule has 1 unspecified atom stereocenters. The van der Waals surface area contributed by atoms with Crippen molar-refractivity contribution in [1.29, 1.82) is 0 Å². The molecule has 2 amide bonds. The van der Waals surface area contributed by atoms with Crippen LogP contribution in [-0.2, 0) is 11.3 Å². The monoisotopic (exact) mass is 234 g/mol. The van der Waals surface area contributed by atoms with Gasteiger partial charge < -0.3 is 10.4 Å². The van der Waals surface area contributed by atoms with Gasteiger partial charge >= 0.3 is 6.09 Å². The molecule has 1 fully saturated rings. The molecule has 0 saturated carbocycles. The van der Waals surface area contributed by atoms with Gasteiger partial charge in [0.1, 0.15) is 6.04 Å². The first kappa shape index (κ1) is 11.4. The molecule has 1 aromatic rings. The summed E-state index contributed by atoms with van der Waals surface area (Å²) in [6, 6.07) is 7.06. The average Bonchev–Trinajstić information content (AvgIpc) is 2.29. The third kappa shape index (κ3) is 2.38. The zero-order chi connectivity index (χ0) is 12.4. The molecule has 2 N–H and O–H groups in total. The summed E-state index contributed by atoms with van der Waals surface area (Å²) in [4.78, 5) is 23.5. The number of carbonyl (C=O) groups excluding carboxylic acids is 1. The molecule has 1 heterocycles. The van der Waals surface area contributed by atoms with Crippen molar-refractivity contribution in [3.63, 3.8) is 0 Å². The lowest BCUT2D eigenvalue weighted by molar-refractivity contribution is -0.132. The molecule has 2 rings (SSSR count). The minimum absolute atomic E-state index is 0.223. The number of amides is 2. The minimum Gasteiger partial charge on any atom is -0.465 e. The van der Waals surface area contributed by atoms with Crippen molar-refractivity contribution in [2.45, 2.75) is 19.5 Å². The van der Waals surface area contributed by atoms with Crippen LogP contribution in [0.3, 0.4) is 0 Å². The Bertz CT molecular complexity index is 442. The van der Waals surface area contributed by atoms with Gasteiger partial charge in [-0.05, 0) is 12.5 Å². The summed E-state index contributed by atoms with van der Waals surface area (Å²) in [5.74, 6) is -0.223. The quantitative estimate of drug-likeness (QED) is 0.766. The molecule has 5 nitrogen and oxygen atoms in total. The number of β-lactam (4-membered cyclic amide) rings is 1. The zero-order valence-electron chi connectivity index (χ0n) is 9.51. The number of benzene rings is 1. The Kier molecular flexibility index (Phi) is 2.99. The molecule has 5 heteroatoms. The summed E-state index contributed by atoms with van der Waals surface area (Å²) in [5.41, 5.74) is 2.01. The van der Waals surface area contributed by atoms with Crippen LogP contribution in [0.1, 0.15) is 11.1 Å². The summed E-state index contributed by atoms with van der Waals surface area (Å²) >= 11 is 0. The smallest absolute Gasteiger partial charge is 0.408 e. The van der Waals surface area contributed by atoms with Crippen molar-refractivity contribution in [3.8, 4) is 0 Å². The van der Waals surface area contributed by atoms with E-state index in [0.29, 0.717) is 6.54 Å². The molecule has 1 aliphatic heterocycles. The lowest BCUT2D eigenvalue weighted by Gasteiger charge is -2.34. The molecule has 0 aliphatic carbocycles. The maximum absolute atomic E-state index is 11.2. The van der Waals surface area contributed by atoms with Gasteiger partial charge in [0, 0.05) is 13.1 Å². The Morgan fingerprint density at radius 3 is 2.53 bits per heavy atom. The van der Waals surface area contributed by atoms with E-state index in [-0.39, 0.29) is 12.5 Å². The van der Waals surface area contributed by atoms with Gasteiger partial charge in [-0.25, -0.2) is 4.79 Å². The van der Waals surface area contributed by atoms with Gasteiger partial charge in [-0.2, -0.15) is 0 Å². The normalized spacial score (nSPS) is 18.2. The van der Waals surface area contributed by atoms with Crippen LogP contribution in [0.2, 0.25) is 0 Å². The predicted octanol–water partition coefficient (Wildman–Crippen LogP) is 0.973. The number of carbonyl (C=O) groups is 2. The Labute approximate surface area is 99.0 Å². The van der Waals surface area contributed by atoms with E-state index in [1.165, 1.54) is 4.90 Å². The maximum Gasteiger partial charge on any atom is 0.408 e. The highest BCUT2D eigenvalue weighted by Crippen LogP contribution is 2.13. The number of hydrogen-bond acceptors (Lipinski definition) is 2. The molecule has 0 aromatic heterocycles. The highest BCUT2D eigenvalue weighted by Gasteiger charge is 2.36. The van der Waals surface area contributed by atoms with E-state index in [2.05, 4.69) is 5.32 Å². The number of nitrogens with one attached hydrogen (secondary N) is 1. The summed E-state index contributed by atoms with van der Waals surface area (Å²) in [6.45, 7) is 2.61. The van der Waals surface area contributed by atoms with Crippen LogP contribution in [0.15, 0.2) is 24.3 Å². The second-order valence-electron chi connectivity index (χ2n) is 4.16. The maximum atomic E-state index is 11.2. The second kappa shape index (κ2) is 4.45. The van der Waals surface area contributed by atoms with Crippen molar-refractivity contribution < 1.29 is 14.7 Å². The fourth-order valence-electron chi connectivity index (χ4n) is 1.73. The molecule has 0 radical (unpaired) electrons. The van der Waals surface area contributed by atoms with Gasteiger partial charge in [0.2, 0.25) is 5.91 Å². The highest BCUT2D eigenvalue weighted by atomic mass is 16.4. The Balaban J connectivity index is 2.10. The molecule has 17 heavy (non-hydrogen) atoms. The van der Waals surface area contributed by atoms with Gasteiger partial charge in [0.25, 0.3) is 0 Å². The summed E-state index contributed by atoms with van der Waals surface area (Å²) in [7, 11) is 0. The van der Waals surface area contributed by atoms with E-state index < -0.39 is 12.1 Å². The predicted molar refractivity (Wildman–Crippen MR) is 61.5 cm³/mol. The summed E-state index contributed by atoms with van der Waals surface area (Å²) in [6.07, 6.45) is -1.06. The van der Waals surface area contributed by atoms with Crippen LogP contribution in [0.25, 0.3) is 0 Å². The number of hydrogen-bond donors (Lipinski definition) is 2. The van der Waals surface area contributed by atoms with E-state index in [1.54, 1.807) is 0 Å². The number of carboxylic acid groups (broad SMARTS) is 1. The first-order chi connectivity index (χ1) is 8.08. The standard InChI is InChI=1S/C12H14N2O3/c1-8-2-4-9(5-3-8)7-14(12(16)17)10-6-13-11(10)15/h2-5,10H,6-7H2,1H3,(H,13,15)(H,16,17). The summed E-state index contributed by atoms with van der Waals surface area (Å²) in [5, 5.41) is 11.6. The van der Waals surface area contributed by atoms with Crippen LogP contribution in [0.4, 0.5) is 4.79 Å². The number of rotatable bonds is 3. The van der Waals surface area contributed by atoms with Crippen LogP contribution >= 0.6 is 0 Å². The first-order valence-corrected chi connectivity index (χ1v) is 5.41. The van der Waals surface area contributed by atoms with Crippen molar-refractivity contribution in [2.75, 3.05) is 6.54 Å². The zero-order valence-corrected chi connectivity index (χ0v) is 9.51. The van der Waals surface area contributed by atoms with Gasteiger partial charge in [-0.1, -0.05) is 29.8 Å². The molecule has 0 spiro atoms. The largest absolute Gasteiger partial charge is 0.465 e. The van der Waals surface area contributed by atoms with E-state index >= 15 is 0 Å². The van der Waals surface area contributed by atoms with E-state index in [1.807, 2.05) is 31.2 Å². The molecule has 1 saturated heterocycles. The van der Waals surface area contributed by atoms with Crippen LogP contribution in [-0.4, -0.2) is 34.6 Å². The van der Waals surface area contributed by atoms with Crippen molar-refractivity contribution in [1.82, 2.24) is 10.2 Å². The fourth-order valence-corrected chi connectivity index (χ4v) is 1.73. The van der Waals surface area contributed by atoms with Gasteiger partial charge in [-0.3, -0.25) is 9.69 Å². The van der Waals surface area contributed by atoms with E-state index in [4.69, 9.17) is 5.11 Å². The van der Waals surface area contributed by atoms with Crippen LogP contribution in [0.5, 0.6) is 0 Å². The van der Waals surface area contributed by atoms with Crippen LogP contribution in [0, 0.1) is 6.92 Å². The van der Waals surface area contributed by atoms with Crippen LogP contribution < -0.4 is 5.32 Å². The molecular formula is C12H14N2O3. The van der Waals surface area contributed by atoms with Crippen molar-refractivity contribution in [3.05, 3.63) is 35.4 Å². The topological polar surface area (TPSA) is 69.6 Å². The molecule has 0 bridgehead atoms. The lowest BCUT2D eigenvalue weighted by atomic mass is 10.1. The van der Waals surface area contributed by atoms with E-state index in [0.717, 1.165) is 11.1 Å². The fraction of sp³-hybridized carbons (Fsp3) is 0.333. The average molecular weight is 234 g/mol. The Morgan fingerprint density at radius 1 is 1.47 bits per heavy atom. The molecule has 90 valence electrons. The SMILES string of the molecule is Cc1ccc(CN(C(=O)O)C2CNC2=O)cc1. The van der Waals surface area contributed by atoms with Gasteiger partial charge in [0.05, 0.1) is 0 Å². The highest BCUT2D eigenvalue weighted by molar-refractivity contribution is 5.90. The Morgan fingerprint density at radius 2 is 2.12 bits per heavy atom. The van der Waals surface area contributed by atoms with E-state index in [9.17, 15) is 9.59 Å². The van der Waals surface area contributed by atoms with Crippen molar-refractivity contribution >= 4 is 12.0 Å². The first-order valence-electron chi connectivity index (χ1n) is 5.41. The molecule has 1 aromatic carbocycles. The lowest BCUT2D eigenvalue weighted by Crippen LogP contribution is -2.62. The van der Waals surface area contributed by atoms with Gasteiger partial charge in [-0.15, -0.1) is 0 Å². The number of nitrogens with zero attached hydrogens (tertiary/aromatic N) is 1. The summed E-state index contributed by atoms with van der Waals surface area (Å²) < 4.78 is 0. The van der Waals surface area contributed by atoms with Crippen molar-refractivity contribution in [2.24, 2.45) is 0 Å². The molecule has 1 aliphatic rings. The second-order valence-corrected chi connectivity index (χ2v) is 4.16.